The molecule has 5 rings (SSSR count). The topological polar surface area (TPSA) is 92.5 Å². The molecule has 1 N–H and O–H groups in total. The number of piperidine rings is 1. The number of fused-ring (bicyclic) bond motifs is 1. The lowest BCUT2D eigenvalue weighted by molar-refractivity contribution is 0.0948. The second-order valence-corrected chi connectivity index (χ2v) is 10.9. The summed E-state index contributed by atoms with van der Waals surface area (Å²) in [7, 11) is -3.59. The van der Waals surface area contributed by atoms with E-state index >= 15 is 0 Å². The molecule has 0 aliphatic carbocycles. The van der Waals surface area contributed by atoms with Gasteiger partial charge in [-0.15, -0.1) is 11.3 Å². The van der Waals surface area contributed by atoms with Gasteiger partial charge in [-0.25, -0.2) is 13.4 Å². The van der Waals surface area contributed by atoms with E-state index < -0.39 is 10.0 Å². The maximum atomic E-state index is 12.9. The molecule has 170 valence electrons. The van der Waals surface area contributed by atoms with Crippen LogP contribution in [0, 0.1) is 0 Å². The lowest BCUT2D eigenvalue weighted by atomic mass is 10.2. The van der Waals surface area contributed by atoms with Gasteiger partial charge in [0.15, 0.2) is 10.8 Å². The lowest BCUT2D eigenvalue weighted by Crippen LogP contribution is -2.35. The van der Waals surface area contributed by atoms with Crippen molar-refractivity contribution in [3.05, 3.63) is 72.0 Å². The van der Waals surface area contributed by atoms with Crippen molar-refractivity contribution in [2.75, 3.05) is 13.1 Å². The monoisotopic (exact) mass is 481 g/mol. The Morgan fingerprint density at radius 1 is 1.03 bits per heavy atom. The number of thiazole rings is 1. The minimum atomic E-state index is -3.59. The van der Waals surface area contributed by atoms with Crippen LogP contribution in [0.2, 0.25) is 0 Å². The Kier molecular flexibility index (Phi) is 6.01. The van der Waals surface area contributed by atoms with Crippen molar-refractivity contribution in [1.29, 1.82) is 0 Å². The van der Waals surface area contributed by atoms with Crippen molar-refractivity contribution < 1.29 is 17.6 Å². The van der Waals surface area contributed by atoms with Gasteiger partial charge < -0.3 is 9.73 Å². The summed E-state index contributed by atoms with van der Waals surface area (Å²) < 4.78 is 34.3. The molecule has 1 fully saturated rings. The molecule has 0 bridgehead atoms. The molecule has 2 aromatic heterocycles. The highest BCUT2D eigenvalue weighted by Gasteiger charge is 2.26. The maximum absolute atomic E-state index is 12.9. The van der Waals surface area contributed by atoms with Gasteiger partial charge in [-0.2, -0.15) is 4.31 Å². The zero-order valence-corrected chi connectivity index (χ0v) is 19.5. The molecule has 0 unspecified atom stereocenters. The molecule has 7 nitrogen and oxygen atoms in total. The first-order chi connectivity index (χ1) is 16.0. The van der Waals surface area contributed by atoms with Crippen molar-refractivity contribution in [3.8, 4) is 10.8 Å². The number of para-hydroxylation sites is 1. The summed E-state index contributed by atoms with van der Waals surface area (Å²) in [4.78, 5) is 17.4. The van der Waals surface area contributed by atoms with E-state index in [9.17, 15) is 13.2 Å². The van der Waals surface area contributed by atoms with E-state index in [1.54, 1.807) is 29.5 Å². The van der Waals surface area contributed by atoms with E-state index in [4.69, 9.17) is 4.42 Å². The molecule has 1 saturated heterocycles. The summed E-state index contributed by atoms with van der Waals surface area (Å²) in [6, 6.07) is 17.7. The summed E-state index contributed by atoms with van der Waals surface area (Å²) in [6.45, 7) is 1.23. The van der Waals surface area contributed by atoms with Gasteiger partial charge in [0.1, 0.15) is 5.76 Å². The number of rotatable bonds is 6. The van der Waals surface area contributed by atoms with Crippen molar-refractivity contribution in [2.24, 2.45) is 0 Å². The Hall–Kier alpha value is -3.01. The fourth-order valence-electron chi connectivity index (χ4n) is 3.89. The molecule has 3 heterocycles. The second-order valence-electron chi connectivity index (χ2n) is 7.93. The van der Waals surface area contributed by atoms with Crippen molar-refractivity contribution in [3.63, 3.8) is 0 Å². The van der Waals surface area contributed by atoms with E-state index in [1.807, 2.05) is 30.3 Å². The smallest absolute Gasteiger partial charge is 0.251 e. The number of carbonyl (C=O) groups is 1. The summed E-state index contributed by atoms with van der Waals surface area (Å²) in [5.41, 5.74) is 1.22. The average Bonchev–Trinajstić information content (AvgIpc) is 3.50. The number of benzene rings is 2. The number of sulfonamides is 1. The Bertz CT molecular complexity index is 1370. The molecule has 33 heavy (non-hydrogen) atoms. The Labute approximate surface area is 196 Å². The van der Waals surface area contributed by atoms with E-state index in [2.05, 4.69) is 10.3 Å². The van der Waals surface area contributed by atoms with Crippen LogP contribution in [0.15, 0.2) is 70.0 Å². The molecule has 0 radical (unpaired) electrons. The normalized spacial score (nSPS) is 15.0. The van der Waals surface area contributed by atoms with Crippen LogP contribution < -0.4 is 5.32 Å². The summed E-state index contributed by atoms with van der Waals surface area (Å²) in [5.74, 6) is 0.883. The Morgan fingerprint density at radius 2 is 1.85 bits per heavy atom. The first kappa shape index (κ1) is 21.8. The number of nitrogens with zero attached hydrogens (tertiary/aromatic N) is 2. The molecule has 1 aliphatic rings. The minimum Gasteiger partial charge on any atom is -0.457 e. The average molecular weight is 482 g/mol. The number of carbonyl (C=O) groups excluding carboxylic acids is 1. The van der Waals surface area contributed by atoms with Gasteiger partial charge in [-0.3, -0.25) is 4.79 Å². The van der Waals surface area contributed by atoms with Gasteiger partial charge >= 0.3 is 0 Å². The van der Waals surface area contributed by atoms with Gasteiger partial charge in [-0.1, -0.05) is 24.6 Å². The molecule has 0 atom stereocenters. The van der Waals surface area contributed by atoms with E-state index in [-0.39, 0.29) is 17.3 Å². The van der Waals surface area contributed by atoms with Crippen LogP contribution in [-0.2, 0) is 16.6 Å². The zero-order chi connectivity index (χ0) is 22.8. The van der Waals surface area contributed by atoms with Crippen LogP contribution in [0.4, 0.5) is 0 Å². The highest BCUT2D eigenvalue weighted by atomic mass is 32.2. The number of hydrogen-bond donors (Lipinski definition) is 1. The molecular weight excluding hydrogens is 458 g/mol. The third kappa shape index (κ3) is 4.57. The van der Waals surface area contributed by atoms with E-state index in [1.165, 1.54) is 16.4 Å². The molecule has 9 heteroatoms. The first-order valence-corrected chi connectivity index (χ1v) is 13.1. The van der Waals surface area contributed by atoms with Gasteiger partial charge in [0.25, 0.3) is 5.91 Å². The molecule has 1 aliphatic heterocycles. The largest absolute Gasteiger partial charge is 0.457 e. The minimum absolute atomic E-state index is 0.146. The molecule has 4 aromatic rings. The quantitative estimate of drug-likeness (QED) is 0.432. The highest BCUT2D eigenvalue weighted by Crippen LogP contribution is 2.31. The van der Waals surface area contributed by atoms with Crippen molar-refractivity contribution in [1.82, 2.24) is 14.6 Å². The lowest BCUT2D eigenvalue weighted by Gasteiger charge is -2.26. The third-order valence-corrected chi connectivity index (χ3v) is 8.58. The van der Waals surface area contributed by atoms with Crippen molar-refractivity contribution >= 4 is 37.5 Å². The zero-order valence-electron chi connectivity index (χ0n) is 17.9. The van der Waals surface area contributed by atoms with E-state index in [0.717, 1.165) is 34.5 Å². The third-order valence-electron chi connectivity index (χ3n) is 5.64. The van der Waals surface area contributed by atoms with Crippen LogP contribution in [-0.4, -0.2) is 36.7 Å². The van der Waals surface area contributed by atoms with Gasteiger partial charge in [-0.05, 0) is 55.3 Å². The Morgan fingerprint density at radius 3 is 2.67 bits per heavy atom. The first-order valence-electron chi connectivity index (χ1n) is 10.8. The maximum Gasteiger partial charge on any atom is 0.251 e. The predicted molar refractivity (Wildman–Crippen MR) is 128 cm³/mol. The summed E-state index contributed by atoms with van der Waals surface area (Å²) in [6.07, 6.45) is 2.77. The van der Waals surface area contributed by atoms with E-state index in [0.29, 0.717) is 30.2 Å². The SMILES string of the molecule is O=C(NCc1ccc(-c2nc3ccccc3s2)o1)c1cccc(S(=O)(=O)N2CCCCC2)c1. The van der Waals surface area contributed by atoms with Crippen LogP contribution in [0.25, 0.3) is 21.0 Å². The fourth-order valence-corrected chi connectivity index (χ4v) is 6.38. The van der Waals surface area contributed by atoms with Gasteiger partial charge in [0, 0.05) is 18.7 Å². The molecule has 1 amide bonds. The van der Waals surface area contributed by atoms with Crippen LogP contribution in [0.1, 0.15) is 35.4 Å². The summed E-state index contributed by atoms with van der Waals surface area (Å²) in [5, 5.41) is 3.59. The van der Waals surface area contributed by atoms with Gasteiger partial charge in [0.2, 0.25) is 10.0 Å². The number of amides is 1. The number of hydrogen-bond acceptors (Lipinski definition) is 6. The molecule has 2 aromatic carbocycles. The second kappa shape index (κ2) is 9.09. The molecular formula is C24H23N3O4S2. The van der Waals surface area contributed by atoms with Crippen LogP contribution >= 0.6 is 11.3 Å². The fraction of sp³-hybridized carbons (Fsp3) is 0.250. The van der Waals surface area contributed by atoms with Crippen molar-refractivity contribution in [2.45, 2.75) is 30.7 Å². The standard InChI is InChI=1S/C24H23N3O4S2/c28-23(17-7-6-8-19(15-17)33(29,30)27-13-4-1-5-14-27)25-16-18-11-12-21(31-18)24-26-20-9-2-3-10-22(20)32-24/h2-3,6-12,15H,1,4-5,13-14,16H2,(H,25,28). The number of aromatic nitrogens is 1. The molecule has 0 spiro atoms. The highest BCUT2D eigenvalue weighted by molar-refractivity contribution is 7.89. The van der Waals surface area contributed by atoms with Crippen LogP contribution in [0.3, 0.4) is 0 Å². The summed E-state index contributed by atoms with van der Waals surface area (Å²) >= 11 is 1.55. The Balaban J connectivity index is 1.26. The van der Waals surface area contributed by atoms with Crippen LogP contribution in [0.5, 0.6) is 0 Å². The number of furan rings is 1. The number of nitrogens with one attached hydrogen (secondary N) is 1. The van der Waals surface area contributed by atoms with Gasteiger partial charge in [0.05, 0.1) is 21.7 Å². The predicted octanol–water partition coefficient (Wildman–Crippen LogP) is 4.66. The molecule has 0 saturated carbocycles.